The van der Waals surface area contributed by atoms with Gasteiger partial charge in [-0.05, 0) is 30.9 Å². The molecule has 1 aliphatic heterocycles. The van der Waals surface area contributed by atoms with E-state index < -0.39 is 17.4 Å². The zero-order valence-corrected chi connectivity index (χ0v) is 13.5. The van der Waals surface area contributed by atoms with Gasteiger partial charge in [0, 0.05) is 13.1 Å². The summed E-state index contributed by atoms with van der Waals surface area (Å²) < 4.78 is 44.8. The van der Waals surface area contributed by atoms with Crippen LogP contribution in [0.4, 0.5) is 19.0 Å². The molecular formula is C15H16F3N5O2. The summed E-state index contributed by atoms with van der Waals surface area (Å²) >= 11 is 0. The van der Waals surface area contributed by atoms with Gasteiger partial charge < -0.3 is 9.64 Å². The third kappa shape index (κ3) is 2.34. The van der Waals surface area contributed by atoms with Crippen LogP contribution in [0.15, 0.2) is 12.1 Å². The van der Waals surface area contributed by atoms with Crippen molar-refractivity contribution in [1.29, 1.82) is 0 Å². The molecular weight excluding hydrogens is 339 g/mol. The number of halogens is 3. The van der Waals surface area contributed by atoms with E-state index in [2.05, 4.69) is 15.3 Å². The predicted octanol–water partition coefficient (Wildman–Crippen LogP) is 1.92. The second-order valence-electron chi connectivity index (χ2n) is 6.60. The number of fused-ring (bicyclic) bond motifs is 2. The van der Waals surface area contributed by atoms with Gasteiger partial charge >= 0.3 is 12.1 Å². The Morgan fingerprint density at radius 3 is 2.88 bits per heavy atom. The lowest BCUT2D eigenvalue weighted by molar-refractivity contribution is -0.153. The monoisotopic (exact) mass is 355 g/mol. The van der Waals surface area contributed by atoms with E-state index in [0.29, 0.717) is 23.4 Å². The van der Waals surface area contributed by atoms with E-state index in [1.165, 1.54) is 13.2 Å². The fourth-order valence-corrected chi connectivity index (χ4v) is 4.13. The second-order valence-corrected chi connectivity index (χ2v) is 6.60. The Morgan fingerprint density at radius 1 is 1.36 bits per heavy atom. The Balaban J connectivity index is 1.70. The van der Waals surface area contributed by atoms with E-state index in [0.717, 1.165) is 19.3 Å². The molecule has 0 amide bonds. The molecule has 134 valence electrons. The fourth-order valence-electron chi connectivity index (χ4n) is 4.13. The molecule has 3 heterocycles. The van der Waals surface area contributed by atoms with Crippen LogP contribution in [0.3, 0.4) is 0 Å². The van der Waals surface area contributed by atoms with Crippen molar-refractivity contribution in [2.24, 2.45) is 11.3 Å². The number of hydrogen-bond donors (Lipinski definition) is 0. The highest BCUT2D eigenvalue weighted by Gasteiger charge is 2.55. The van der Waals surface area contributed by atoms with Crippen molar-refractivity contribution in [2.45, 2.75) is 25.4 Å². The second kappa shape index (κ2) is 5.30. The summed E-state index contributed by atoms with van der Waals surface area (Å²) in [5, 5.41) is 10.8. The molecule has 0 N–H and O–H groups in total. The lowest BCUT2D eigenvalue weighted by Crippen LogP contribution is -2.37. The molecule has 1 saturated carbocycles. The Bertz CT molecular complexity index is 836. The van der Waals surface area contributed by atoms with Gasteiger partial charge in [-0.15, -0.1) is 15.3 Å². The van der Waals surface area contributed by atoms with Crippen LogP contribution in [0.5, 0.6) is 0 Å². The topological polar surface area (TPSA) is 72.6 Å². The average molecular weight is 355 g/mol. The molecule has 0 aromatic carbocycles. The van der Waals surface area contributed by atoms with E-state index in [1.807, 2.05) is 4.90 Å². The molecule has 2 aromatic heterocycles. The predicted molar refractivity (Wildman–Crippen MR) is 79.8 cm³/mol. The standard InChI is InChI=1S/C15H16F3N5O2/c1-25-13(24)14-6-2-3-9(14)7-22(8-14)11-5-4-10-19-20-12(15(16,17)18)23(10)21-11/h4-5,9H,2-3,6-8H2,1H3. The van der Waals surface area contributed by atoms with Crippen LogP contribution in [-0.4, -0.2) is 46.0 Å². The molecule has 0 spiro atoms. The Hall–Kier alpha value is -2.39. The van der Waals surface area contributed by atoms with Gasteiger partial charge in [0.15, 0.2) is 5.65 Å². The van der Waals surface area contributed by atoms with Gasteiger partial charge in [0.05, 0.1) is 12.5 Å². The first-order valence-electron chi connectivity index (χ1n) is 7.98. The van der Waals surface area contributed by atoms with E-state index in [1.54, 1.807) is 6.07 Å². The van der Waals surface area contributed by atoms with Gasteiger partial charge in [-0.2, -0.15) is 17.7 Å². The molecule has 0 radical (unpaired) electrons. The van der Waals surface area contributed by atoms with Crippen molar-refractivity contribution in [1.82, 2.24) is 19.8 Å². The number of rotatable bonds is 2. The molecule has 2 aromatic rings. The molecule has 10 heteroatoms. The highest BCUT2D eigenvalue weighted by molar-refractivity contribution is 5.79. The molecule has 4 rings (SSSR count). The lowest BCUT2D eigenvalue weighted by atomic mass is 9.81. The fraction of sp³-hybridized carbons (Fsp3) is 0.600. The number of esters is 1. The van der Waals surface area contributed by atoms with Crippen molar-refractivity contribution in [2.75, 3.05) is 25.1 Å². The number of anilines is 1. The van der Waals surface area contributed by atoms with E-state index in [-0.39, 0.29) is 17.5 Å². The first-order chi connectivity index (χ1) is 11.8. The third-order valence-electron chi connectivity index (χ3n) is 5.29. The summed E-state index contributed by atoms with van der Waals surface area (Å²) in [6.45, 7) is 0.962. The molecule has 1 saturated heterocycles. The van der Waals surface area contributed by atoms with E-state index in [9.17, 15) is 18.0 Å². The number of hydrogen-bond acceptors (Lipinski definition) is 6. The molecule has 7 nitrogen and oxygen atoms in total. The Kier molecular flexibility index (Phi) is 3.41. The Morgan fingerprint density at radius 2 is 2.16 bits per heavy atom. The first kappa shape index (κ1) is 16.1. The van der Waals surface area contributed by atoms with Crippen LogP contribution in [0.25, 0.3) is 5.65 Å². The molecule has 2 fully saturated rings. The number of alkyl halides is 3. The number of methoxy groups -OCH3 is 1. The van der Waals surface area contributed by atoms with Crippen molar-refractivity contribution < 1.29 is 22.7 Å². The quantitative estimate of drug-likeness (QED) is 0.767. The average Bonchev–Trinajstić information content (AvgIpc) is 3.24. The Labute approximate surface area is 140 Å². The van der Waals surface area contributed by atoms with Crippen LogP contribution >= 0.6 is 0 Å². The number of carbonyl (C=O) groups is 1. The SMILES string of the molecule is COC(=O)C12CCCC1CN(c1ccc3nnc(C(F)(F)F)n3n1)C2. The van der Waals surface area contributed by atoms with Crippen molar-refractivity contribution >= 4 is 17.4 Å². The van der Waals surface area contributed by atoms with Gasteiger partial charge in [-0.3, -0.25) is 4.79 Å². The number of carbonyl (C=O) groups excluding carboxylic acids is 1. The highest BCUT2D eigenvalue weighted by atomic mass is 19.4. The summed E-state index contributed by atoms with van der Waals surface area (Å²) in [5.74, 6) is -0.916. The van der Waals surface area contributed by atoms with Gasteiger partial charge in [-0.25, -0.2) is 0 Å². The van der Waals surface area contributed by atoms with Crippen LogP contribution in [0, 0.1) is 11.3 Å². The number of nitrogens with zero attached hydrogens (tertiary/aromatic N) is 5. The summed E-state index contributed by atoms with van der Waals surface area (Å²) in [7, 11) is 1.37. The maximum atomic E-state index is 13.0. The van der Waals surface area contributed by atoms with Crippen LogP contribution < -0.4 is 4.90 Å². The van der Waals surface area contributed by atoms with Gasteiger partial charge in [0.1, 0.15) is 5.82 Å². The smallest absolute Gasteiger partial charge is 0.453 e. The normalized spacial score (nSPS) is 26.2. The zero-order chi connectivity index (χ0) is 17.8. The maximum Gasteiger partial charge on any atom is 0.453 e. The van der Waals surface area contributed by atoms with Crippen molar-refractivity contribution in [3.63, 3.8) is 0 Å². The first-order valence-corrected chi connectivity index (χ1v) is 7.98. The molecule has 2 atom stereocenters. The van der Waals surface area contributed by atoms with Crippen molar-refractivity contribution in [3.05, 3.63) is 18.0 Å². The molecule has 2 aliphatic rings. The minimum atomic E-state index is -4.64. The van der Waals surface area contributed by atoms with Gasteiger partial charge in [0.25, 0.3) is 5.82 Å². The molecule has 25 heavy (non-hydrogen) atoms. The van der Waals surface area contributed by atoms with Crippen LogP contribution in [-0.2, 0) is 15.7 Å². The van der Waals surface area contributed by atoms with Gasteiger partial charge in [0.2, 0.25) is 0 Å². The molecule has 1 aliphatic carbocycles. The molecule has 0 bridgehead atoms. The van der Waals surface area contributed by atoms with Crippen LogP contribution in [0.2, 0.25) is 0 Å². The molecule has 2 unspecified atom stereocenters. The third-order valence-corrected chi connectivity index (χ3v) is 5.29. The van der Waals surface area contributed by atoms with Crippen molar-refractivity contribution in [3.8, 4) is 0 Å². The number of ether oxygens (including phenoxy) is 1. The minimum Gasteiger partial charge on any atom is -0.469 e. The minimum absolute atomic E-state index is 0.0261. The highest BCUT2D eigenvalue weighted by Crippen LogP contribution is 2.50. The van der Waals surface area contributed by atoms with E-state index >= 15 is 0 Å². The maximum absolute atomic E-state index is 13.0. The summed E-state index contributed by atoms with van der Waals surface area (Å²) in [5.41, 5.74) is -0.566. The van der Waals surface area contributed by atoms with Crippen LogP contribution in [0.1, 0.15) is 25.1 Å². The summed E-state index contributed by atoms with van der Waals surface area (Å²) in [6, 6.07) is 3.06. The lowest BCUT2D eigenvalue weighted by Gasteiger charge is -2.25. The van der Waals surface area contributed by atoms with Gasteiger partial charge in [-0.1, -0.05) is 6.42 Å². The zero-order valence-electron chi connectivity index (χ0n) is 13.5. The number of aromatic nitrogens is 4. The van der Waals surface area contributed by atoms with E-state index in [4.69, 9.17) is 4.74 Å². The summed E-state index contributed by atoms with van der Waals surface area (Å²) in [6.07, 6.45) is -2.07. The largest absolute Gasteiger partial charge is 0.469 e. The summed E-state index contributed by atoms with van der Waals surface area (Å²) in [4.78, 5) is 14.2.